The fourth-order valence-electron chi connectivity index (χ4n) is 2.28. The van der Waals surface area contributed by atoms with E-state index in [1.54, 1.807) is 6.07 Å². The van der Waals surface area contributed by atoms with Crippen LogP contribution in [0.3, 0.4) is 0 Å². The van der Waals surface area contributed by atoms with Crippen molar-refractivity contribution in [1.82, 2.24) is 4.31 Å². The molecule has 0 aliphatic heterocycles. The van der Waals surface area contributed by atoms with Crippen molar-refractivity contribution in [2.75, 3.05) is 18.9 Å². The third-order valence-electron chi connectivity index (χ3n) is 3.98. The molecule has 2 rings (SSSR count). The molecule has 0 spiro atoms. The van der Waals surface area contributed by atoms with Gasteiger partial charge in [-0.2, -0.15) is 4.31 Å². The number of carbonyl (C=O) groups excluding carboxylic acids is 1. The van der Waals surface area contributed by atoms with Crippen molar-refractivity contribution in [3.63, 3.8) is 0 Å². The summed E-state index contributed by atoms with van der Waals surface area (Å²) in [6.07, 6.45) is 0. The van der Waals surface area contributed by atoms with Gasteiger partial charge in [-0.05, 0) is 48.7 Å². The maximum atomic E-state index is 12.9. The first-order valence-corrected chi connectivity index (χ1v) is 9.34. The van der Waals surface area contributed by atoms with Crippen molar-refractivity contribution in [3.05, 3.63) is 65.0 Å². The summed E-state index contributed by atoms with van der Waals surface area (Å²) in [5.74, 6) is -1.14. The van der Waals surface area contributed by atoms with Gasteiger partial charge in [0.25, 0.3) is 0 Å². The van der Waals surface area contributed by atoms with Crippen molar-refractivity contribution in [2.45, 2.75) is 19.6 Å². The second kappa shape index (κ2) is 7.76. The molecule has 1 amide bonds. The van der Waals surface area contributed by atoms with Crippen LogP contribution in [0.15, 0.2) is 42.5 Å². The molecule has 0 atom stereocenters. The Hall–Kier alpha value is -2.25. The molecule has 0 saturated carbocycles. The number of halogens is 1. The Bertz CT molecular complexity index is 864. The first-order valence-electron chi connectivity index (χ1n) is 7.73. The van der Waals surface area contributed by atoms with Crippen LogP contribution in [-0.4, -0.2) is 32.2 Å². The fourth-order valence-corrected chi connectivity index (χ4v) is 3.43. The van der Waals surface area contributed by atoms with Gasteiger partial charge in [0, 0.05) is 12.7 Å². The predicted molar refractivity (Wildman–Crippen MR) is 96.2 cm³/mol. The van der Waals surface area contributed by atoms with E-state index in [1.807, 2.05) is 26.0 Å². The third-order valence-corrected chi connectivity index (χ3v) is 5.76. The number of hydrogen-bond acceptors (Lipinski definition) is 3. The van der Waals surface area contributed by atoms with Crippen LogP contribution in [0.25, 0.3) is 0 Å². The summed E-state index contributed by atoms with van der Waals surface area (Å²) in [5, 5.41) is 2.73. The van der Waals surface area contributed by atoms with Gasteiger partial charge in [0.2, 0.25) is 15.9 Å². The van der Waals surface area contributed by atoms with E-state index in [2.05, 4.69) is 5.32 Å². The Kier molecular flexibility index (Phi) is 5.92. The van der Waals surface area contributed by atoms with Crippen molar-refractivity contribution in [2.24, 2.45) is 0 Å². The Morgan fingerprint density at radius 3 is 2.40 bits per heavy atom. The first kappa shape index (κ1) is 19.1. The van der Waals surface area contributed by atoms with Crippen molar-refractivity contribution in [3.8, 4) is 0 Å². The van der Waals surface area contributed by atoms with E-state index in [4.69, 9.17) is 0 Å². The van der Waals surface area contributed by atoms with E-state index in [0.717, 1.165) is 15.4 Å². The average Bonchev–Trinajstić information content (AvgIpc) is 2.54. The van der Waals surface area contributed by atoms with Gasteiger partial charge >= 0.3 is 0 Å². The first-order chi connectivity index (χ1) is 11.7. The molecule has 7 heteroatoms. The van der Waals surface area contributed by atoms with Crippen LogP contribution >= 0.6 is 0 Å². The standard InChI is InChI=1S/C18H21FN2O3S/c1-13-5-4-6-17(14(13)2)20-18(22)11-21(3)25(23,24)12-15-7-9-16(19)10-8-15/h4-10H,11-12H2,1-3H3,(H,20,22). The lowest BCUT2D eigenvalue weighted by Crippen LogP contribution is -2.35. The lowest BCUT2D eigenvalue weighted by Gasteiger charge is -2.17. The van der Waals surface area contributed by atoms with Crippen molar-refractivity contribution in [1.29, 1.82) is 0 Å². The summed E-state index contributed by atoms with van der Waals surface area (Å²) in [6.45, 7) is 3.53. The highest BCUT2D eigenvalue weighted by Crippen LogP contribution is 2.18. The molecule has 0 saturated heterocycles. The molecule has 25 heavy (non-hydrogen) atoms. The van der Waals surface area contributed by atoms with E-state index in [-0.39, 0.29) is 12.3 Å². The largest absolute Gasteiger partial charge is 0.325 e. The number of likely N-dealkylation sites (N-methyl/N-ethyl adjacent to an activating group) is 1. The smallest absolute Gasteiger partial charge is 0.239 e. The highest BCUT2D eigenvalue weighted by molar-refractivity contribution is 7.88. The van der Waals surface area contributed by atoms with Crippen LogP contribution in [0, 0.1) is 19.7 Å². The molecule has 0 aliphatic rings. The molecule has 0 aliphatic carbocycles. The van der Waals surface area contributed by atoms with Crippen LogP contribution < -0.4 is 5.32 Å². The summed E-state index contributed by atoms with van der Waals surface area (Å²) < 4.78 is 38.6. The molecule has 1 N–H and O–H groups in total. The quantitative estimate of drug-likeness (QED) is 0.857. The van der Waals surface area contributed by atoms with Gasteiger partial charge < -0.3 is 5.32 Å². The van der Waals surface area contributed by atoms with Crippen molar-refractivity contribution < 1.29 is 17.6 Å². The molecule has 5 nitrogen and oxygen atoms in total. The van der Waals surface area contributed by atoms with Crippen LogP contribution in [0.4, 0.5) is 10.1 Å². The van der Waals surface area contributed by atoms with E-state index in [0.29, 0.717) is 11.3 Å². The van der Waals surface area contributed by atoms with Gasteiger partial charge in [-0.25, -0.2) is 12.8 Å². The van der Waals surface area contributed by atoms with E-state index < -0.39 is 21.7 Å². The maximum absolute atomic E-state index is 12.9. The van der Waals surface area contributed by atoms with Crippen LogP contribution in [0.5, 0.6) is 0 Å². The zero-order valence-electron chi connectivity index (χ0n) is 14.4. The predicted octanol–water partition coefficient (Wildman–Crippen LogP) is 2.84. The summed E-state index contributed by atoms with van der Waals surface area (Å²) in [5.41, 5.74) is 3.10. The number of nitrogens with zero attached hydrogens (tertiary/aromatic N) is 1. The minimum Gasteiger partial charge on any atom is -0.325 e. The van der Waals surface area contributed by atoms with Gasteiger partial charge in [-0.1, -0.05) is 24.3 Å². The number of nitrogens with one attached hydrogen (secondary N) is 1. The lowest BCUT2D eigenvalue weighted by molar-refractivity contribution is -0.116. The van der Waals surface area contributed by atoms with Gasteiger partial charge in [-0.15, -0.1) is 0 Å². The van der Waals surface area contributed by atoms with Crippen LogP contribution in [-0.2, 0) is 20.6 Å². The number of rotatable bonds is 6. The van der Waals surface area contributed by atoms with Gasteiger partial charge in [0.1, 0.15) is 5.82 Å². The molecule has 0 bridgehead atoms. The molecule has 134 valence electrons. The lowest BCUT2D eigenvalue weighted by atomic mass is 10.1. The summed E-state index contributed by atoms with van der Waals surface area (Å²) in [7, 11) is -2.33. The summed E-state index contributed by atoms with van der Waals surface area (Å²) in [6, 6.07) is 10.8. The molecular weight excluding hydrogens is 343 g/mol. The number of sulfonamides is 1. The number of amides is 1. The number of anilines is 1. The molecule has 2 aromatic rings. The highest BCUT2D eigenvalue weighted by atomic mass is 32.2. The molecule has 0 radical (unpaired) electrons. The number of aryl methyl sites for hydroxylation is 1. The fraction of sp³-hybridized carbons (Fsp3) is 0.278. The van der Waals surface area contributed by atoms with Gasteiger partial charge in [0.05, 0.1) is 12.3 Å². The Morgan fingerprint density at radius 1 is 1.12 bits per heavy atom. The van der Waals surface area contributed by atoms with Gasteiger partial charge in [0.15, 0.2) is 0 Å². The number of carbonyl (C=O) groups is 1. The molecule has 0 aromatic heterocycles. The van der Waals surface area contributed by atoms with Gasteiger partial charge in [-0.3, -0.25) is 4.79 Å². The van der Waals surface area contributed by atoms with Crippen molar-refractivity contribution >= 4 is 21.6 Å². The van der Waals surface area contributed by atoms with E-state index in [1.165, 1.54) is 31.3 Å². The van der Waals surface area contributed by atoms with E-state index in [9.17, 15) is 17.6 Å². The van der Waals surface area contributed by atoms with E-state index >= 15 is 0 Å². The topological polar surface area (TPSA) is 66.5 Å². The minimum absolute atomic E-state index is 0.291. The second-order valence-corrected chi connectivity index (χ2v) is 8.01. The zero-order chi connectivity index (χ0) is 18.6. The Morgan fingerprint density at radius 2 is 1.76 bits per heavy atom. The molecule has 2 aromatic carbocycles. The minimum atomic E-state index is -3.68. The molecule has 0 unspecified atom stereocenters. The average molecular weight is 364 g/mol. The molecular formula is C18H21FN2O3S. The Labute approximate surface area is 147 Å². The normalized spacial score (nSPS) is 11.6. The summed E-state index contributed by atoms with van der Waals surface area (Å²) in [4.78, 5) is 12.2. The third kappa shape index (κ3) is 5.11. The SMILES string of the molecule is Cc1cccc(NC(=O)CN(C)S(=O)(=O)Cc2ccc(F)cc2)c1C. The van der Waals surface area contributed by atoms with Crippen LogP contribution in [0.2, 0.25) is 0 Å². The monoisotopic (exact) mass is 364 g/mol. The molecule has 0 fully saturated rings. The zero-order valence-corrected chi connectivity index (χ0v) is 15.2. The maximum Gasteiger partial charge on any atom is 0.239 e. The Balaban J connectivity index is 2.02. The summed E-state index contributed by atoms with van der Waals surface area (Å²) >= 11 is 0. The number of benzene rings is 2. The van der Waals surface area contributed by atoms with Crippen LogP contribution in [0.1, 0.15) is 16.7 Å². The second-order valence-electron chi connectivity index (χ2n) is 5.93. The number of hydrogen-bond donors (Lipinski definition) is 1. The molecule has 0 heterocycles. The highest BCUT2D eigenvalue weighted by Gasteiger charge is 2.21.